The van der Waals surface area contributed by atoms with Crippen molar-refractivity contribution in [2.24, 2.45) is 5.92 Å². The van der Waals surface area contributed by atoms with Crippen molar-refractivity contribution in [1.29, 1.82) is 0 Å². The Balaban J connectivity index is 1.79. The van der Waals surface area contributed by atoms with Crippen molar-refractivity contribution in [3.63, 3.8) is 0 Å². The summed E-state index contributed by atoms with van der Waals surface area (Å²) in [5.41, 5.74) is 0. The Morgan fingerprint density at radius 3 is 2.83 bits per heavy atom. The van der Waals surface area contributed by atoms with Crippen LogP contribution in [0.4, 0.5) is 0 Å². The summed E-state index contributed by atoms with van der Waals surface area (Å²) in [6, 6.07) is 9.63. The highest BCUT2D eigenvalue weighted by Crippen LogP contribution is 2.16. The summed E-state index contributed by atoms with van der Waals surface area (Å²) in [4.78, 5) is 3.24. The highest BCUT2D eigenvalue weighted by Gasteiger charge is 2.19. The molecule has 0 aromatic heterocycles. The fourth-order valence-electron chi connectivity index (χ4n) is 2.41. The van der Waals surface area contributed by atoms with Gasteiger partial charge in [0, 0.05) is 30.3 Å². The zero-order valence-corrected chi connectivity index (χ0v) is 11.4. The monoisotopic (exact) mass is 267 g/mol. The van der Waals surface area contributed by atoms with Crippen molar-refractivity contribution in [3.05, 3.63) is 30.3 Å². The van der Waals surface area contributed by atoms with Gasteiger partial charge in [-0.3, -0.25) is 4.21 Å². The quantitative estimate of drug-likeness (QED) is 0.879. The van der Waals surface area contributed by atoms with Crippen LogP contribution in [0.5, 0.6) is 0 Å². The van der Waals surface area contributed by atoms with Gasteiger partial charge in [-0.05, 0) is 37.4 Å². The first-order chi connectivity index (χ1) is 8.79. The molecule has 0 saturated carbocycles. The van der Waals surface area contributed by atoms with Crippen molar-refractivity contribution < 1.29 is 9.32 Å². The van der Waals surface area contributed by atoms with Gasteiger partial charge in [-0.2, -0.15) is 0 Å². The lowest BCUT2D eigenvalue weighted by molar-refractivity contribution is 0.125. The maximum Gasteiger partial charge on any atom is 0.0542 e. The number of benzene rings is 1. The van der Waals surface area contributed by atoms with E-state index in [4.69, 9.17) is 0 Å². The van der Waals surface area contributed by atoms with E-state index < -0.39 is 10.8 Å². The molecule has 4 heteroatoms. The predicted octanol–water partition coefficient (Wildman–Crippen LogP) is 1.50. The molecule has 1 aliphatic rings. The SMILES string of the molecule is O=S(CCN1CCCC(CO)C1)c1ccccc1. The fourth-order valence-corrected chi connectivity index (χ4v) is 3.53. The number of hydrogen-bond donors (Lipinski definition) is 1. The smallest absolute Gasteiger partial charge is 0.0542 e. The molecule has 0 spiro atoms. The van der Waals surface area contributed by atoms with Crippen LogP contribution < -0.4 is 0 Å². The second-order valence-electron chi connectivity index (χ2n) is 4.85. The van der Waals surface area contributed by atoms with Crippen LogP contribution in [-0.2, 0) is 10.8 Å². The number of aliphatic hydroxyl groups is 1. The maximum atomic E-state index is 12.1. The highest BCUT2D eigenvalue weighted by atomic mass is 32.2. The number of rotatable bonds is 5. The molecule has 1 N–H and O–H groups in total. The first-order valence-corrected chi connectivity index (χ1v) is 7.88. The van der Waals surface area contributed by atoms with Crippen molar-refractivity contribution in [2.45, 2.75) is 17.7 Å². The Morgan fingerprint density at radius 1 is 1.33 bits per heavy atom. The van der Waals surface area contributed by atoms with Gasteiger partial charge in [0.15, 0.2) is 0 Å². The van der Waals surface area contributed by atoms with Gasteiger partial charge in [-0.15, -0.1) is 0 Å². The van der Waals surface area contributed by atoms with Gasteiger partial charge in [-0.1, -0.05) is 18.2 Å². The highest BCUT2D eigenvalue weighted by molar-refractivity contribution is 7.85. The molecule has 0 aliphatic carbocycles. The van der Waals surface area contributed by atoms with Crippen LogP contribution in [0.2, 0.25) is 0 Å². The second kappa shape index (κ2) is 7.02. The topological polar surface area (TPSA) is 40.5 Å². The zero-order valence-electron chi connectivity index (χ0n) is 10.6. The maximum absolute atomic E-state index is 12.1. The van der Waals surface area contributed by atoms with Gasteiger partial charge in [-0.25, -0.2) is 0 Å². The van der Waals surface area contributed by atoms with E-state index in [9.17, 15) is 9.32 Å². The van der Waals surface area contributed by atoms with Gasteiger partial charge < -0.3 is 10.0 Å². The van der Waals surface area contributed by atoms with Crippen LogP contribution in [0.1, 0.15) is 12.8 Å². The average Bonchev–Trinajstić information content (AvgIpc) is 2.46. The van der Waals surface area contributed by atoms with E-state index in [1.165, 1.54) is 0 Å². The number of nitrogens with zero attached hydrogens (tertiary/aromatic N) is 1. The van der Waals surface area contributed by atoms with Gasteiger partial charge in [0.1, 0.15) is 0 Å². The second-order valence-corrected chi connectivity index (χ2v) is 6.42. The number of likely N-dealkylation sites (tertiary alicyclic amines) is 1. The lowest BCUT2D eigenvalue weighted by Crippen LogP contribution is -2.38. The van der Waals surface area contributed by atoms with Crippen LogP contribution in [0, 0.1) is 5.92 Å². The molecule has 3 nitrogen and oxygen atoms in total. The Labute approximate surface area is 111 Å². The minimum atomic E-state index is -0.902. The summed E-state index contributed by atoms with van der Waals surface area (Å²) in [6.07, 6.45) is 2.26. The summed E-state index contributed by atoms with van der Waals surface area (Å²) < 4.78 is 12.1. The number of piperidine rings is 1. The predicted molar refractivity (Wildman–Crippen MR) is 74.0 cm³/mol. The van der Waals surface area contributed by atoms with Gasteiger partial charge in [0.2, 0.25) is 0 Å². The normalized spacial score (nSPS) is 22.8. The Hall–Kier alpha value is -0.710. The number of aliphatic hydroxyl groups excluding tert-OH is 1. The Bertz CT molecular complexity index is 383. The van der Waals surface area contributed by atoms with E-state index in [1.807, 2.05) is 30.3 Å². The minimum absolute atomic E-state index is 0.276. The standard InChI is InChI=1S/C14H21NO2S/c16-12-13-5-4-8-15(11-13)9-10-18(17)14-6-2-1-3-7-14/h1-3,6-7,13,16H,4-5,8-12H2. The first kappa shape index (κ1) is 13.7. The Kier molecular flexibility index (Phi) is 5.35. The Morgan fingerprint density at radius 2 is 2.11 bits per heavy atom. The molecule has 0 bridgehead atoms. The molecule has 2 atom stereocenters. The molecule has 2 rings (SSSR count). The third-order valence-electron chi connectivity index (χ3n) is 3.46. The van der Waals surface area contributed by atoms with Crippen LogP contribution in [0.15, 0.2) is 35.2 Å². The van der Waals surface area contributed by atoms with E-state index in [0.29, 0.717) is 11.7 Å². The van der Waals surface area contributed by atoms with Crippen molar-refractivity contribution in [1.82, 2.24) is 4.90 Å². The summed E-state index contributed by atoms with van der Waals surface area (Å²) in [5, 5.41) is 9.18. The van der Waals surface area contributed by atoms with E-state index in [0.717, 1.165) is 37.4 Å². The van der Waals surface area contributed by atoms with Crippen LogP contribution in [0.25, 0.3) is 0 Å². The molecule has 1 aromatic rings. The molecule has 1 heterocycles. The van der Waals surface area contributed by atoms with Crippen LogP contribution in [-0.4, -0.2) is 46.2 Å². The summed E-state index contributed by atoms with van der Waals surface area (Å²) in [7, 11) is -0.902. The third kappa shape index (κ3) is 3.90. The van der Waals surface area contributed by atoms with Crippen molar-refractivity contribution in [3.8, 4) is 0 Å². The number of hydrogen-bond acceptors (Lipinski definition) is 3. The molecule has 18 heavy (non-hydrogen) atoms. The van der Waals surface area contributed by atoms with Gasteiger partial charge in [0.25, 0.3) is 0 Å². The van der Waals surface area contributed by atoms with Crippen LogP contribution >= 0.6 is 0 Å². The van der Waals surface area contributed by atoms with Crippen LogP contribution in [0.3, 0.4) is 0 Å². The molecule has 1 saturated heterocycles. The molecule has 2 unspecified atom stereocenters. The van der Waals surface area contributed by atoms with Gasteiger partial charge in [0.05, 0.1) is 10.8 Å². The van der Waals surface area contributed by atoms with Crippen molar-refractivity contribution in [2.75, 3.05) is 32.0 Å². The largest absolute Gasteiger partial charge is 0.396 e. The average molecular weight is 267 g/mol. The van der Waals surface area contributed by atoms with E-state index in [-0.39, 0.29) is 6.61 Å². The molecule has 0 radical (unpaired) electrons. The summed E-state index contributed by atoms with van der Waals surface area (Å²) in [6.45, 7) is 3.15. The van der Waals surface area contributed by atoms with E-state index in [2.05, 4.69) is 4.90 Å². The third-order valence-corrected chi connectivity index (χ3v) is 4.81. The lowest BCUT2D eigenvalue weighted by Gasteiger charge is -2.31. The molecule has 100 valence electrons. The van der Waals surface area contributed by atoms with Crippen molar-refractivity contribution >= 4 is 10.8 Å². The molecule has 1 fully saturated rings. The fraction of sp³-hybridized carbons (Fsp3) is 0.571. The molecular weight excluding hydrogens is 246 g/mol. The first-order valence-electron chi connectivity index (χ1n) is 6.56. The summed E-state index contributed by atoms with van der Waals surface area (Å²) in [5.74, 6) is 1.09. The van der Waals surface area contributed by atoms with Gasteiger partial charge >= 0.3 is 0 Å². The minimum Gasteiger partial charge on any atom is -0.396 e. The van der Waals surface area contributed by atoms with E-state index in [1.54, 1.807) is 0 Å². The molecular formula is C14H21NO2S. The molecule has 0 amide bonds. The summed E-state index contributed by atoms with van der Waals surface area (Å²) >= 11 is 0. The molecule has 1 aliphatic heterocycles. The van der Waals surface area contributed by atoms with E-state index >= 15 is 0 Å². The molecule has 1 aromatic carbocycles. The zero-order chi connectivity index (χ0) is 12.8. The lowest BCUT2D eigenvalue weighted by atomic mass is 9.99.